The first kappa shape index (κ1) is 14.4. The van der Waals surface area contributed by atoms with Crippen molar-refractivity contribution in [3.05, 3.63) is 34.9 Å². The van der Waals surface area contributed by atoms with Crippen LogP contribution < -0.4 is 0 Å². The monoisotopic (exact) mass is 318 g/mol. The molecule has 0 radical (unpaired) electrons. The summed E-state index contributed by atoms with van der Waals surface area (Å²) in [5.41, 5.74) is 4.55. The minimum absolute atomic E-state index is 0.632. The third-order valence-electron chi connectivity index (χ3n) is 4.14. The number of hydrogen-bond donors (Lipinski definition) is 0. The van der Waals surface area contributed by atoms with Crippen LogP contribution in [-0.2, 0) is 24.2 Å². The van der Waals surface area contributed by atoms with E-state index in [9.17, 15) is 0 Å². The fourth-order valence-electron chi connectivity index (χ4n) is 2.43. The van der Waals surface area contributed by atoms with Gasteiger partial charge in [0.2, 0.25) is 0 Å². The average Bonchev–Trinajstić information content (AvgIpc) is 2.25. The van der Waals surface area contributed by atoms with Crippen LogP contribution in [0.5, 0.6) is 0 Å². The molecule has 0 heterocycles. The van der Waals surface area contributed by atoms with Crippen LogP contribution in [0.3, 0.4) is 0 Å². The van der Waals surface area contributed by atoms with E-state index in [2.05, 4.69) is 45.9 Å². The van der Waals surface area contributed by atoms with Gasteiger partial charge in [-0.2, -0.15) is 0 Å². The van der Waals surface area contributed by atoms with Crippen LogP contribution in [0, 0.1) is 5.92 Å². The van der Waals surface area contributed by atoms with Crippen molar-refractivity contribution in [3.63, 3.8) is 0 Å². The van der Waals surface area contributed by atoms with Gasteiger partial charge < -0.3 is 0 Å². The number of hydrogen-bond acceptors (Lipinski definition) is 0. The second-order valence-electron chi connectivity index (χ2n) is 6.24. The zero-order valence-corrected chi connectivity index (χ0v) is 14.5. The first-order valence-corrected chi connectivity index (χ1v) is 8.45. The summed E-state index contributed by atoms with van der Waals surface area (Å²) in [5, 5.41) is 0. The van der Waals surface area contributed by atoms with Gasteiger partial charge in [-0.1, -0.05) is 0 Å². The third kappa shape index (κ3) is 3.10. The molecule has 0 N–H and O–H groups in total. The Morgan fingerprint density at radius 3 is 1.83 bits per heavy atom. The van der Waals surface area contributed by atoms with Crippen molar-refractivity contribution in [3.8, 4) is 0 Å². The fourth-order valence-corrected chi connectivity index (χ4v) is 3.50. The van der Waals surface area contributed by atoms with E-state index in [-0.39, 0.29) is 0 Å². The maximum atomic E-state index is 2.44. The molecule has 0 bridgehead atoms. The van der Waals surface area contributed by atoms with E-state index in [1.54, 1.807) is 27.4 Å². The van der Waals surface area contributed by atoms with Crippen molar-refractivity contribution in [1.82, 2.24) is 0 Å². The molecule has 0 aliphatic heterocycles. The van der Waals surface area contributed by atoms with E-state index >= 15 is 0 Å². The average molecular weight is 320 g/mol. The van der Waals surface area contributed by atoms with Crippen LogP contribution >= 0.6 is 0 Å². The summed E-state index contributed by atoms with van der Waals surface area (Å²) in [6.45, 7) is 9.20. The van der Waals surface area contributed by atoms with Crippen LogP contribution in [-0.4, -0.2) is 3.21 Å². The van der Waals surface area contributed by atoms with Gasteiger partial charge >= 0.3 is 127 Å². The molecule has 1 heteroatoms. The Balaban J connectivity index is 2.36. The Labute approximate surface area is 127 Å². The van der Waals surface area contributed by atoms with Gasteiger partial charge in [0, 0.05) is 0 Å². The molecule has 0 nitrogen and oxygen atoms in total. The van der Waals surface area contributed by atoms with Crippen LogP contribution in [0.25, 0.3) is 0 Å². The van der Waals surface area contributed by atoms with Crippen molar-refractivity contribution in [2.75, 3.05) is 0 Å². The Kier molecular flexibility index (Phi) is 4.76. The fraction of sp³-hybridized carbons (Fsp3) is 0.588. The molecular weight excluding hydrogens is 295 g/mol. The summed E-state index contributed by atoms with van der Waals surface area (Å²) in [5.74, 6) is 2.16. The molecule has 0 unspecified atom stereocenters. The van der Waals surface area contributed by atoms with Crippen LogP contribution in [0.2, 0.25) is 0 Å². The first-order chi connectivity index (χ1) is 8.49. The van der Waals surface area contributed by atoms with Crippen molar-refractivity contribution >= 4 is 3.21 Å². The van der Waals surface area contributed by atoms with Crippen LogP contribution in [0.15, 0.2) is 18.2 Å². The molecule has 1 aliphatic rings. The Morgan fingerprint density at radius 1 is 1.00 bits per heavy atom. The molecule has 1 aromatic carbocycles. The summed E-state index contributed by atoms with van der Waals surface area (Å²) < 4.78 is 1.71. The Morgan fingerprint density at radius 2 is 1.50 bits per heavy atom. The van der Waals surface area contributed by atoms with E-state index in [1.165, 1.54) is 36.0 Å². The zero-order valence-electron chi connectivity index (χ0n) is 12.1. The van der Waals surface area contributed by atoms with E-state index in [1.807, 2.05) is 0 Å². The number of rotatable bonds is 4. The summed E-state index contributed by atoms with van der Waals surface area (Å²) in [6.07, 6.45) is 4.27. The maximum absolute atomic E-state index is 2.44. The van der Waals surface area contributed by atoms with E-state index < -0.39 is 0 Å². The molecule has 1 aromatic rings. The van der Waals surface area contributed by atoms with Gasteiger partial charge in [0.1, 0.15) is 0 Å². The summed E-state index contributed by atoms with van der Waals surface area (Å²) in [7, 11) is 0. The van der Waals surface area contributed by atoms with Gasteiger partial charge in [-0.15, -0.1) is 0 Å². The predicted octanol–water partition coefficient (Wildman–Crippen LogP) is 4.80. The quantitative estimate of drug-likeness (QED) is 0.748. The second-order valence-corrected chi connectivity index (χ2v) is 7.56. The normalized spacial score (nSPS) is 16.2. The van der Waals surface area contributed by atoms with Crippen molar-refractivity contribution in [2.24, 2.45) is 5.92 Å². The van der Waals surface area contributed by atoms with Gasteiger partial charge in [0.25, 0.3) is 0 Å². The molecule has 0 amide bonds. The standard InChI is InChI=1S/C17H24.Zr/c1-12(2)16-9-15(8-14-6-5-7-14)10-17(11-16)13(3)4;/h9-14H,5-7H2,1-4H3;/q;+2. The van der Waals surface area contributed by atoms with Gasteiger partial charge in [-0.05, 0) is 0 Å². The topological polar surface area (TPSA) is 0 Å². The van der Waals surface area contributed by atoms with Crippen LogP contribution in [0.1, 0.15) is 75.5 Å². The molecule has 94 valence electrons. The molecular formula is C17H24Zr+2. The molecule has 18 heavy (non-hydrogen) atoms. The van der Waals surface area contributed by atoms with Gasteiger partial charge in [0.15, 0.2) is 0 Å². The van der Waals surface area contributed by atoms with E-state index in [4.69, 9.17) is 0 Å². The van der Waals surface area contributed by atoms with E-state index in [0.29, 0.717) is 11.8 Å². The van der Waals surface area contributed by atoms with Gasteiger partial charge in [-0.25, -0.2) is 0 Å². The zero-order chi connectivity index (χ0) is 13.3. The molecule has 0 spiro atoms. The number of benzene rings is 1. The predicted molar refractivity (Wildman–Crippen MR) is 76.1 cm³/mol. The summed E-state index contributed by atoms with van der Waals surface area (Å²) in [4.78, 5) is 0. The Bertz CT molecular complexity index is 413. The SMILES string of the molecule is CC(C)c1cc([C](=[Zr+2])C2CCC2)cc(C(C)C)c1. The third-order valence-corrected chi connectivity index (χ3v) is 5.85. The van der Waals surface area contributed by atoms with Crippen molar-refractivity contribution in [1.29, 1.82) is 0 Å². The van der Waals surface area contributed by atoms with E-state index in [0.717, 1.165) is 5.92 Å². The molecule has 0 saturated heterocycles. The van der Waals surface area contributed by atoms with Crippen molar-refractivity contribution in [2.45, 2.75) is 58.8 Å². The molecule has 1 aliphatic carbocycles. The summed E-state index contributed by atoms with van der Waals surface area (Å²) in [6, 6.07) is 7.29. The summed E-state index contributed by atoms with van der Waals surface area (Å²) >= 11 is 1.62. The minimum atomic E-state index is 0.632. The molecule has 1 saturated carbocycles. The van der Waals surface area contributed by atoms with Gasteiger partial charge in [-0.3, -0.25) is 0 Å². The Hall–Kier alpha value is -0.0269. The molecule has 1 fully saturated rings. The molecule has 0 atom stereocenters. The second kappa shape index (κ2) is 5.95. The molecule has 0 aromatic heterocycles. The van der Waals surface area contributed by atoms with Gasteiger partial charge in [0.05, 0.1) is 0 Å². The first-order valence-electron chi connectivity index (χ1n) is 7.22. The molecule has 2 rings (SSSR count). The van der Waals surface area contributed by atoms with Crippen molar-refractivity contribution < 1.29 is 24.2 Å². The van der Waals surface area contributed by atoms with Crippen LogP contribution in [0.4, 0.5) is 0 Å².